The molecule has 0 spiro atoms. The predicted octanol–water partition coefficient (Wildman–Crippen LogP) is 0.323. The van der Waals surface area contributed by atoms with Crippen molar-refractivity contribution in [3.05, 3.63) is 35.9 Å². The van der Waals surface area contributed by atoms with Crippen molar-refractivity contribution in [1.82, 2.24) is 10.6 Å². The summed E-state index contributed by atoms with van der Waals surface area (Å²) in [6, 6.07) is 11.0. The maximum absolute atomic E-state index is 5.71. The van der Waals surface area contributed by atoms with Crippen molar-refractivity contribution >= 4 is 0 Å². The van der Waals surface area contributed by atoms with E-state index in [1.165, 1.54) is 5.56 Å². The standard InChI is InChI=1S/C12H19N3/c13-6-11-8-14-9-12(11)15-7-10-4-2-1-3-5-10/h1-5,11-12,14-15H,6-9,13H2. The molecule has 1 aromatic carbocycles. The highest BCUT2D eigenvalue weighted by molar-refractivity contribution is 5.14. The van der Waals surface area contributed by atoms with Gasteiger partial charge >= 0.3 is 0 Å². The monoisotopic (exact) mass is 205 g/mol. The Balaban J connectivity index is 1.83. The highest BCUT2D eigenvalue weighted by Crippen LogP contribution is 2.08. The second-order valence-corrected chi connectivity index (χ2v) is 4.13. The van der Waals surface area contributed by atoms with Crippen molar-refractivity contribution in [2.75, 3.05) is 19.6 Å². The topological polar surface area (TPSA) is 50.1 Å². The lowest BCUT2D eigenvalue weighted by molar-refractivity contribution is 0.433. The lowest BCUT2D eigenvalue weighted by Crippen LogP contribution is -2.38. The minimum absolute atomic E-state index is 0.523. The fourth-order valence-electron chi connectivity index (χ4n) is 2.06. The van der Waals surface area contributed by atoms with Crippen molar-refractivity contribution < 1.29 is 0 Å². The summed E-state index contributed by atoms with van der Waals surface area (Å²) >= 11 is 0. The molecule has 2 atom stereocenters. The van der Waals surface area contributed by atoms with Crippen LogP contribution in [0.2, 0.25) is 0 Å². The molecule has 2 unspecified atom stereocenters. The Morgan fingerprint density at radius 2 is 2.07 bits per heavy atom. The molecule has 0 aliphatic carbocycles. The normalized spacial score (nSPS) is 25.7. The summed E-state index contributed by atoms with van der Waals surface area (Å²) in [5.41, 5.74) is 7.05. The molecule has 1 aliphatic rings. The van der Waals surface area contributed by atoms with Crippen molar-refractivity contribution in [2.45, 2.75) is 12.6 Å². The Labute approximate surface area is 91.1 Å². The average Bonchev–Trinajstić information content (AvgIpc) is 2.75. The molecule has 0 radical (unpaired) electrons. The second-order valence-electron chi connectivity index (χ2n) is 4.13. The van der Waals surface area contributed by atoms with Gasteiger partial charge in [-0.3, -0.25) is 0 Å². The van der Waals surface area contributed by atoms with E-state index < -0.39 is 0 Å². The largest absolute Gasteiger partial charge is 0.330 e. The van der Waals surface area contributed by atoms with E-state index in [1.807, 2.05) is 6.07 Å². The molecule has 0 aromatic heterocycles. The first-order chi connectivity index (χ1) is 7.40. The third-order valence-electron chi connectivity index (χ3n) is 3.05. The van der Waals surface area contributed by atoms with E-state index in [-0.39, 0.29) is 0 Å². The Morgan fingerprint density at radius 1 is 1.27 bits per heavy atom. The number of nitrogens with one attached hydrogen (secondary N) is 2. The lowest BCUT2D eigenvalue weighted by atomic mass is 10.0. The van der Waals surface area contributed by atoms with E-state index in [4.69, 9.17) is 5.73 Å². The predicted molar refractivity (Wildman–Crippen MR) is 62.5 cm³/mol. The van der Waals surface area contributed by atoms with Crippen LogP contribution in [0.25, 0.3) is 0 Å². The van der Waals surface area contributed by atoms with Crippen molar-refractivity contribution in [3.8, 4) is 0 Å². The molecule has 0 bridgehead atoms. The van der Waals surface area contributed by atoms with Crippen LogP contribution in [0.3, 0.4) is 0 Å². The SMILES string of the molecule is NCC1CNCC1NCc1ccccc1. The third-order valence-corrected chi connectivity index (χ3v) is 3.05. The maximum atomic E-state index is 5.71. The first-order valence-corrected chi connectivity index (χ1v) is 5.58. The summed E-state index contributed by atoms with van der Waals surface area (Å²) in [4.78, 5) is 0. The van der Waals surface area contributed by atoms with E-state index in [9.17, 15) is 0 Å². The molecule has 15 heavy (non-hydrogen) atoms. The number of rotatable bonds is 4. The van der Waals surface area contributed by atoms with Crippen LogP contribution in [0.4, 0.5) is 0 Å². The van der Waals surface area contributed by atoms with E-state index in [1.54, 1.807) is 0 Å². The Bertz CT molecular complexity index is 286. The molecule has 1 aromatic rings. The minimum atomic E-state index is 0.523. The van der Waals surface area contributed by atoms with Gasteiger partial charge in [0, 0.05) is 31.6 Å². The first kappa shape index (κ1) is 10.6. The Kier molecular flexibility index (Phi) is 3.72. The minimum Gasteiger partial charge on any atom is -0.330 e. The molecule has 2 rings (SSSR count). The zero-order valence-electron chi connectivity index (χ0n) is 8.95. The molecule has 0 amide bonds. The number of benzene rings is 1. The van der Waals surface area contributed by atoms with Crippen LogP contribution >= 0.6 is 0 Å². The zero-order valence-corrected chi connectivity index (χ0v) is 8.95. The van der Waals surface area contributed by atoms with Crippen molar-refractivity contribution in [1.29, 1.82) is 0 Å². The fraction of sp³-hybridized carbons (Fsp3) is 0.500. The van der Waals surface area contributed by atoms with E-state index in [0.29, 0.717) is 12.0 Å². The molecule has 3 heteroatoms. The van der Waals surface area contributed by atoms with E-state index in [0.717, 1.165) is 26.2 Å². The Morgan fingerprint density at radius 3 is 2.80 bits per heavy atom. The highest BCUT2D eigenvalue weighted by Gasteiger charge is 2.24. The smallest absolute Gasteiger partial charge is 0.0248 e. The molecule has 82 valence electrons. The van der Waals surface area contributed by atoms with Crippen LogP contribution in [0.1, 0.15) is 5.56 Å². The fourth-order valence-corrected chi connectivity index (χ4v) is 2.06. The summed E-state index contributed by atoms with van der Waals surface area (Å²) in [6.45, 7) is 3.78. The van der Waals surface area contributed by atoms with Crippen LogP contribution in [-0.4, -0.2) is 25.7 Å². The molecule has 0 saturated carbocycles. The van der Waals surface area contributed by atoms with Crippen LogP contribution < -0.4 is 16.4 Å². The summed E-state index contributed by atoms with van der Waals surface area (Å²) in [6.07, 6.45) is 0. The average molecular weight is 205 g/mol. The van der Waals surface area contributed by atoms with Gasteiger partial charge in [0.15, 0.2) is 0 Å². The van der Waals surface area contributed by atoms with Gasteiger partial charge in [-0.25, -0.2) is 0 Å². The summed E-state index contributed by atoms with van der Waals surface area (Å²) in [7, 11) is 0. The third kappa shape index (κ3) is 2.78. The van der Waals surface area contributed by atoms with Crippen molar-refractivity contribution in [3.63, 3.8) is 0 Å². The molecular formula is C12H19N3. The highest BCUT2D eigenvalue weighted by atomic mass is 15.0. The molecule has 1 fully saturated rings. The molecule has 1 heterocycles. The van der Waals surface area contributed by atoms with Gasteiger partial charge in [0.05, 0.1) is 0 Å². The van der Waals surface area contributed by atoms with Gasteiger partial charge in [0.25, 0.3) is 0 Å². The molecule has 4 N–H and O–H groups in total. The van der Waals surface area contributed by atoms with Crippen LogP contribution in [-0.2, 0) is 6.54 Å². The van der Waals surface area contributed by atoms with Gasteiger partial charge in [-0.15, -0.1) is 0 Å². The molecular weight excluding hydrogens is 186 g/mol. The van der Waals surface area contributed by atoms with Gasteiger partial charge < -0.3 is 16.4 Å². The quantitative estimate of drug-likeness (QED) is 0.663. The maximum Gasteiger partial charge on any atom is 0.0248 e. The summed E-state index contributed by atoms with van der Waals surface area (Å²) < 4.78 is 0. The van der Waals surface area contributed by atoms with Gasteiger partial charge in [0.2, 0.25) is 0 Å². The second kappa shape index (κ2) is 5.26. The van der Waals surface area contributed by atoms with Crippen LogP contribution in [0.15, 0.2) is 30.3 Å². The van der Waals surface area contributed by atoms with Gasteiger partial charge in [0.1, 0.15) is 0 Å². The van der Waals surface area contributed by atoms with Crippen molar-refractivity contribution in [2.24, 2.45) is 11.7 Å². The number of nitrogens with two attached hydrogens (primary N) is 1. The van der Waals surface area contributed by atoms with Crippen LogP contribution in [0.5, 0.6) is 0 Å². The van der Waals surface area contributed by atoms with Gasteiger partial charge in [-0.2, -0.15) is 0 Å². The summed E-state index contributed by atoms with van der Waals surface area (Å²) in [5.74, 6) is 0.578. The first-order valence-electron chi connectivity index (χ1n) is 5.58. The van der Waals surface area contributed by atoms with Gasteiger partial charge in [-0.1, -0.05) is 30.3 Å². The van der Waals surface area contributed by atoms with E-state index in [2.05, 4.69) is 34.9 Å². The molecule has 1 aliphatic heterocycles. The number of hydrogen-bond donors (Lipinski definition) is 3. The summed E-state index contributed by atoms with van der Waals surface area (Å²) in [5, 5.41) is 6.92. The Hall–Kier alpha value is -0.900. The molecule has 3 nitrogen and oxygen atoms in total. The van der Waals surface area contributed by atoms with Crippen LogP contribution in [0, 0.1) is 5.92 Å². The van der Waals surface area contributed by atoms with E-state index >= 15 is 0 Å². The molecule has 1 saturated heterocycles. The lowest BCUT2D eigenvalue weighted by Gasteiger charge is -2.18. The zero-order chi connectivity index (χ0) is 10.5. The number of hydrogen-bond acceptors (Lipinski definition) is 3. The van der Waals surface area contributed by atoms with Gasteiger partial charge in [-0.05, 0) is 12.1 Å².